The third kappa shape index (κ3) is 4.95. The Hall–Kier alpha value is -0.630. The van der Waals surface area contributed by atoms with Gasteiger partial charge in [0.1, 0.15) is 0 Å². The second kappa shape index (κ2) is 7.09. The molecule has 0 amide bonds. The molecule has 120 valence electrons. The molecule has 4 heteroatoms. The van der Waals surface area contributed by atoms with E-state index in [0.29, 0.717) is 13.0 Å². The molecule has 0 bridgehead atoms. The first-order chi connectivity index (χ1) is 9.95. The molecule has 2 rings (SSSR count). The van der Waals surface area contributed by atoms with E-state index in [1.807, 2.05) is 0 Å². The number of nitriles is 1. The Labute approximate surface area is 129 Å². The van der Waals surface area contributed by atoms with Gasteiger partial charge in [0.15, 0.2) is 5.79 Å². The molecule has 0 aromatic heterocycles. The van der Waals surface area contributed by atoms with Crippen molar-refractivity contribution in [1.29, 1.82) is 5.26 Å². The molecular formula is C17H30N2O2. The van der Waals surface area contributed by atoms with Crippen LogP contribution in [-0.2, 0) is 9.47 Å². The SMILES string of the molecule is CC1CCC2(CC1)OCC(CNCC(C)(C)CCC#N)O2. The lowest BCUT2D eigenvalue weighted by Gasteiger charge is -2.34. The van der Waals surface area contributed by atoms with Gasteiger partial charge in [-0.1, -0.05) is 20.8 Å². The summed E-state index contributed by atoms with van der Waals surface area (Å²) in [5.41, 5.74) is 0.160. The molecule has 1 aliphatic heterocycles. The van der Waals surface area contributed by atoms with Crippen molar-refractivity contribution >= 4 is 0 Å². The summed E-state index contributed by atoms with van der Waals surface area (Å²) in [6.07, 6.45) is 6.23. The van der Waals surface area contributed by atoms with Crippen LogP contribution in [0.3, 0.4) is 0 Å². The van der Waals surface area contributed by atoms with Gasteiger partial charge in [-0.3, -0.25) is 0 Å². The molecule has 1 aliphatic carbocycles. The molecule has 2 fully saturated rings. The smallest absolute Gasteiger partial charge is 0.168 e. The molecule has 21 heavy (non-hydrogen) atoms. The maximum absolute atomic E-state index is 8.68. The number of hydrogen-bond donors (Lipinski definition) is 1. The topological polar surface area (TPSA) is 54.3 Å². The molecule has 0 aromatic carbocycles. The van der Waals surface area contributed by atoms with Crippen LogP contribution in [0.15, 0.2) is 0 Å². The van der Waals surface area contributed by atoms with Gasteiger partial charge in [-0.15, -0.1) is 0 Å². The minimum Gasteiger partial charge on any atom is -0.347 e. The van der Waals surface area contributed by atoms with Gasteiger partial charge in [0.05, 0.1) is 18.8 Å². The highest BCUT2D eigenvalue weighted by Crippen LogP contribution is 2.39. The lowest BCUT2D eigenvalue weighted by molar-refractivity contribution is -0.191. The summed E-state index contributed by atoms with van der Waals surface area (Å²) in [5, 5.41) is 12.2. The number of nitrogens with zero attached hydrogens (tertiary/aromatic N) is 1. The Bertz CT molecular complexity index is 367. The number of hydrogen-bond acceptors (Lipinski definition) is 4. The normalized spacial score (nSPS) is 33.2. The fraction of sp³-hybridized carbons (Fsp3) is 0.941. The Balaban J connectivity index is 1.68. The zero-order valence-electron chi connectivity index (χ0n) is 13.8. The van der Waals surface area contributed by atoms with Gasteiger partial charge in [-0.05, 0) is 30.6 Å². The molecule has 1 heterocycles. The Morgan fingerprint density at radius 1 is 1.33 bits per heavy atom. The van der Waals surface area contributed by atoms with Gasteiger partial charge in [0, 0.05) is 32.4 Å². The van der Waals surface area contributed by atoms with Crippen molar-refractivity contribution in [2.45, 2.75) is 71.2 Å². The van der Waals surface area contributed by atoms with E-state index in [4.69, 9.17) is 14.7 Å². The van der Waals surface area contributed by atoms with Crippen molar-refractivity contribution in [3.8, 4) is 6.07 Å². The van der Waals surface area contributed by atoms with Crippen LogP contribution < -0.4 is 5.32 Å². The third-order valence-electron chi connectivity index (χ3n) is 4.84. The van der Waals surface area contributed by atoms with Crippen molar-refractivity contribution in [3.05, 3.63) is 0 Å². The summed E-state index contributed by atoms with van der Waals surface area (Å²) in [4.78, 5) is 0. The van der Waals surface area contributed by atoms with Gasteiger partial charge in [-0.2, -0.15) is 5.26 Å². The summed E-state index contributed by atoms with van der Waals surface area (Å²) >= 11 is 0. The van der Waals surface area contributed by atoms with Crippen LogP contribution in [0.1, 0.15) is 59.3 Å². The fourth-order valence-electron chi connectivity index (χ4n) is 3.24. The van der Waals surface area contributed by atoms with Crippen LogP contribution in [0, 0.1) is 22.7 Å². The van der Waals surface area contributed by atoms with E-state index in [1.165, 1.54) is 12.8 Å². The van der Waals surface area contributed by atoms with E-state index in [0.717, 1.165) is 38.3 Å². The minimum absolute atomic E-state index is 0.160. The first-order valence-corrected chi connectivity index (χ1v) is 8.34. The molecule has 1 saturated carbocycles. The number of ether oxygens (including phenoxy) is 2. The van der Waals surface area contributed by atoms with Gasteiger partial charge >= 0.3 is 0 Å². The average molecular weight is 294 g/mol. The fourth-order valence-corrected chi connectivity index (χ4v) is 3.24. The third-order valence-corrected chi connectivity index (χ3v) is 4.84. The zero-order valence-corrected chi connectivity index (χ0v) is 13.8. The zero-order chi connectivity index (χ0) is 15.3. The second-order valence-electron chi connectivity index (χ2n) is 7.60. The lowest BCUT2D eigenvalue weighted by Crippen LogP contribution is -2.38. The largest absolute Gasteiger partial charge is 0.347 e. The molecule has 2 aliphatic rings. The molecule has 1 N–H and O–H groups in total. The van der Waals surface area contributed by atoms with E-state index in [9.17, 15) is 0 Å². The molecule has 1 unspecified atom stereocenters. The van der Waals surface area contributed by atoms with E-state index in [2.05, 4.69) is 32.2 Å². The average Bonchev–Trinajstić information content (AvgIpc) is 2.84. The van der Waals surface area contributed by atoms with Crippen LogP contribution in [0.5, 0.6) is 0 Å². The van der Waals surface area contributed by atoms with E-state index >= 15 is 0 Å². The number of nitrogens with one attached hydrogen (secondary N) is 1. The Morgan fingerprint density at radius 3 is 2.71 bits per heavy atom. The summed E-state index contributed by atoms with van der Waals surface area (Å²) in [6.45, 7) is 9.18. The maximum atomic E-state index is 8.68. The second-order valence-corrected chi connectivity index (χ2v) is 7.60. The van der Waals surface area contributed by atoms with Crippen LogP contribution in [0.4, 0.5) is 0 Å². The summed E-state index contributed by atoms with van der Waals surface area (Å²) in [5.74, 6) is 0.524. The summed E-state index contributed by atoms with van der Waals surface area (Å²) < 4.78 is 12.2. The predicted octanol–water partition coefficient (Wildman–Crippen LogP) is 3.23. The van der Waals surface area contributed by atoms with Crippen LogP contribution >= 0.6 is 0 Å². The molecule has 0 radical (unpaired) electrons. The standard InChI is InChI=1S/C17H30N2O2/c1-14-5-8-17(9-6-14)20-12-15(21-17)11-19-13-16(2,3)7-4-10-18/h14-15,19H,4-9,11-13H2,1-3H3. The van der Waals surface area contributed by atoms with Gasteiger partial charge in [0.2, 0.25) is 0 Å². The molecule has 1 spiro atoms. The van der Waals surface area contributed by atoms with Crippen LogP contribution in [-0.4, -0.2) is 31.6 Å². The van der Waals surface area contributed by atoms with Crippen molar-refractivity contribution in [2.75, 3.05) is 19.7 Å². The molecule has 1 saturated heterocycles. The van der Waals surface area contributed by atoms with Crippen molar-refractivity contribution in [3.63, 3.8) is 0 Å². The predicted molar refractivity (Wildman–Crippen MR) is 82.7 cm³/mol. The van der Waals surface area contributed by atoms with Gasteiger partial charge in [0.25, 0.3) is 0 Å². The van der Waals surface area contributed by atoms with Crippen LogP contribution in [0.2, 0.25) is 0 Å². The van der Waals surface area contributed by atoms with E-state index < -0.39 is 0 Å². The highest BCUT2D eigenvalue weighted by molar-refractivity contribution is 4.85. The Kier molecular flexibility index (Phi) is 5.65. The quantitative estimate of drug-likeness (QED) is 0.817. The summed E-state index contributed by atoms with van der Waals surface area (Å²) in [7, 11) is 0. The first-order valence-electron chi connectivity index (χ1n) is 8.34. The molecule has 0 aromatic rings. The highest BCUT2D eigenvalue weighted by atomic mass is 16.7. The van der Waals surface area contributed by atoms with Crippen LogP contribution in [0.25, 0.3) is 0 Å². The first kappa shape index (κ1) is 16.7. The highest BCUT2D eigenvalue weighted by Gasteiger charge is 2.43. The van der Waals surface area contributed by atoms with Gasteiger partial charge in [-0.25, -0.2) is 0 Å². The molecule has 4 nitrogen and oxygen atoms in total. The van der Waals surface area contributed by atoms with Gasteiger partial charge < -0.3 is 14.8 Å². The minimum atomic E-state index is -0.283. The lowest BCUT2D eigenvalue weighted by atomic mass is 9.86. The number of rotatable bonds is 6. The van der Waals surface area contributed by atoms with Crippen molar-refractivity contribution in [2.24, 2.45) is 11.3 Å². The molecular weight excluding hydrogens is 264 g/mol. The Morgan fingerprint density at radius 2 is 2.05 bits per heavy atom. The summed E-state index contributed by atoms with van der Waals surface area (Å²) in [6, 6.07) is 2.23. The molecule has 1 atom stereocenters. The van der Waals surface area contributed by atoms with Crippen molar-refractivity contribution < 1.29 is 9.47 Å². The monoisotopic (exact) mass is 294 g/mol. The maximum Gasteiger partial charge on any atom is 0.168 e. The van der Waals surface area contributed by atoms with E-state index in [-0.39, 0.29) is 17.3 Å². The van der Waals surface area contributed by atoms with Crippen molar-refractivity contribution in [1.82, 2.24) is 5.32 Å². The van der Waals surface area contributed by atoms with E-state index in [1.54, 1.807) is 0 Å².